The average molecular weight is 499 g/mol. The molecule has 5 rings (SSSR count). The summed E-state index contributed by atoms with van der Waals surface area (Å²) < 4.78 is 0. The van der Waals surface area contributed by atoms with E-state index in [9.17, 15) is 0 Å². The number of nitrogens with one attached hydrogen (secondary N) is 2. The fourth-order valence-corrected chi connectivity index (χ4v) is 5.08. The molecular weight excluding hydrogens is 464 g/mol. The second-order valence-corrected chi connectivity index (χ2v) is 9.75. The van der Waals surface area contributed by atoms with E-state index in [1.807, 2.05) is 48.8 Å². The van der Waals surface area contributed by atoms with Gasteiger partial charge in [0.1, 0.15) is 0 Å². The molecule has 0 aliphatic carbocycles. The van der Waals surface area contributed by atoms with Gasteiger partial charge >= 0.3 is 0 Å². The van der Waals surface area contributed by atoms with Gasteiger partial charge in [0, 0.05) is 23.8 Å². The van der Waals surface area contributed by atoms with E-state index < -0.39 is 0 Å². The fourth-order valence-electron chi connectivity index (χ4n) is 5.08. The van der Waals surface area contributed by atoms with Crippen molar-refractivity contribution >= 4 is 11.4 Å². The molecule has 0 aliphatic heterocycles. The van der Waals surface area contributed by atoms with Crippen molar-refractivity contribution in [2.45, 2.75) is 40.8 Å². The molecule has 38 heavy (non-hydrogen) atoms. The maximum absolute atomic E-state index is 4.39. The number of hydrogen-bond donors (Lipinski definition) is 2. The van der Waals surface area contributed by atoms with Crippen molar-refractivity contribution in [1.29, 1.82) is 0 Å². The predicted molar refractivity (Wildman–Crippen MR) is 159 cm³/mol. The minimum Gasteiger partial charge on any atom is -0.379 e. The lowest BCUT2D eigenvalue weighted by Gasteiger charge is -2.21. The van der Waals surface area contributed by atoms with Gasteiger partial charge in [-0.15, -0.1) is 0 Å². The van der Waals surface area contributed by atoms with Crippen LogP contribution in [0.2, 0.25) is 0 Å². The number of pyridine rings is 2. The van der Waals surface area contributed by atoms with Gasteiger partial charge in [0.05, 0.1) is 24.5 Å². The summed E-state index contributed by atoms with van der Waals surface area (Å²) in [7, 11) is 0. The highest BCUT2D eigenvalue weighted by Crippen LogP contribution is 2.39. The molecule has 0 radical (unpaired) electrons. The third kappa shape index (κ3) is 5.45. The molecule has 3 aromatic carbocycles. The molecule has 4 heteroatoms. The molecule has 0 fully saturated rings. The predicted octanol–water partition coefficient (Wildman–Crippen LogP) is 8.27. The van der Waals surface area contributed by atoms with Crippen LogP contribution in [0.25, 0.3) is 22.3 Å². The molecule has 0 unspecified atom stereocenters. The van der Waals surface area contributed by atoms with E-state index in [-0.39, 0.29) is 0 Å². The van der Waals surface area contributed by atoms with Crippen molar-refractivity contribution in [3.8, 4) is 22.3 Å². The first-order valence-electron chi connectivity index (χ1n) is 13.1. The lowest BCUT2D eigenvalue weighted by atomic mass is 9.83. The van der Waals surface area contributed by atoms with Gasteiger partial charge in [0.2, 0.25) is 0 Å². The van der Waals surface area contributed by atoms with E-state index >= 15 is 0 Å². The summed E-state index contributed by atoms with van der Waals surface area (Å²) in [4.78, 5) is 8.79. The minimum atomic E-state index is 0.711. The molecule has 2 N–H and O–H groups in total. The number of rotatable bonds is 8. The van der Waals surface area contributed by atoms with E-state index in [0.717, 1.165) is 22.8 Å². The molecule has 2 heterocycles. The summed E-state index contributed by atoms with van der Waals surface area (Å²) in [5, 5.41) is 6.95. The van der Waals surface area contributed by atoms with Crippen LogP contribution in [0.4, 0.5) is 11.4 Å². The highest BCUT2D eigenvalue weighted by Gasteiger charge is 2.17. The zero-order valence-corrected chi connectivity index (χ0v) is 22.5. The zero-order valence-electron chi connectivity index (χ0n) is 22.5. The SMILES string of the molecule is Cc1c(C)c(-c2ccc(NCc3ccccn3)cc2)c(C)c(C)c1-c1ccc(NCc2ccccn2)cc1. The molecule has 0 amide bonds. The molecule has 0 aliphatic rings. The van der Waals surface area contributed by atoms with E-state index in [1.54, 1.807) is 0 Å². The Balaban J connectivity index is 1.36. The Labute approximate surface area is 225 Å². The molecule has 4 nitrogen and oxygen atoms in total. The standard InChI is InChI=1S/C34H34N4/c1-23-24(2)34(28-13-17-30(18-14-28)38-22-32-10-6-8-20-36-32)26(4)25(3)33(23)27-11-15-29(16-12-27)37-21-31-9-5-7-19-35-31/h5-20,37-38H,21-22H2,1-4H3. The maximum Gasteiger partial charge on any atom is 0.0594 e. The molecule has 0 atom stereocenters. The Morgan fingerprint density at radius 1 is 0.474 bits per heavy atom. The zero-order chi connectivity index (χ0) is 26.5. The average Bonchev–Trinajstić information content (AvgIpc) is 2.96. The molecule has 0 spiro atoms. The van der Waals surface area contributed by atoms with Crippen molar-refractivity contribution in [2.75, 3.05) is 10.6 Å². The van der Waals surface area contributed by atoms with E-state index in [1.165, 1.54) is 44.5 Å². The number of nitrogens with zero attached hydrogens (tertiary/aromatic N) is 2. The first-order valence-corrected chi connectivity index (χ1v) is 13.1. The lowest BCUT2D eigenvalue weighted by molar-refractivity contribution is 1.05. The maximum atomic E-state index is 4.39. The Bertz CT molecular complexity index is 1360. The topological polar surface area (TPSA) is 49.8 Å². The van der Waals surface area contributed by atoms with E-state index in [4.69, 9.17) is 0 Å². The highest BCUT2D eigenvalue weighted by atomic mass is 14.9. The van der Waals surface area contributed by atoms with Gasteiger partial charge in [-0.2, -0.15) is 0 Å². The minimum absolute atomic E-state index is 0.711. The van der Waals surface area contributed by atoms with Crippen molar-refractivity contribution in [1.82, 2.24) is 9.97 Å². The van der Waals surface area contributed by atoms with Crippen LogP contribution < -0.4 is 10.6 Å². The summed E-state index contributed by atoms with van der Waals surface area (Å²) in [6, 6.07) is 29.5. The van der Waals surface area contributed by atoms with Crippen molar-refractivity contribution < 1.29 is 0 Å². The Morgan fingerprint density at radius 3 is 1.16 bits per heavy atom. The van der Waals surface area contributed by atoms with Crippen molar-refractivity contribution in [2.24, 2.45) is 0 Å². The summed E-state index contributed by atoms with van der Waals surface area (Å²) in [5.74, 6) is 0. The van der Waals surface area contributed by atoms with Crippen molar-refractivity contribution in [3.05, 3.63) is 131 Å². The largest absolute Gasteiger partial charge is 0.379 e. The smallest absolute Gasteiger partial charge is 0.0594 e. The van der Waals surface area contributed by atoms with Gasteiger partial charge in [-0.25, -0.2) is 0 Å². The van der Waals surface area contributed by atoms with Crippen LogP contribution in [-0.2, 0) is 13.1 Å². The summed E-state index contributed by atoms with van der Waals surface area (Å²) >= 11 is 0. The van der Waals surface area contributed by atoms with Crippen LogP contribution in [0, 0.1) is 27.7 Å². The number of anilines is 2. The van der Waals surface area contributed by atoms with Gasteiger partial charge in [-0.3, -0.25) is 9.97 Å². The molecular formula is C34H34N4. The molecule has 5 aromatic rings. The Morgan fingerprint density at radius 2 is 0.842 bits per heavy atom. The second kappa shape index (κ2) is 11.3. The molecule has 0 saturated carbocycles. The van der Waals surface area contributed by atoms with Crippen LogP contribution >= 0.6 is 0 Å². The van der Waals surface area contributed by atoms with Gasteiger partial charge in [-0.1, -0.05) is 36.4 Å². The van der Waals surface area contributed by atoms with Crippen LogP contribution in [0.5, 0.6) is 0 Å². The van der Waals surface area contributed by atoms with Crippen LogP contribution in [0.1, 0.15) is 33.6 Å². The number of benzene rings is 3. The van der Waals surface area contributed by atoms with E-state index in [0.29, 0.717) is 13.1 Å². The van der Waals surface area contributed by atoms with Crippen LogP contribution in [0.15, 0.2) is 97.3 Å². The number of aromatic nitrogens is 2. The summed E-state index contributed by atoms with van der Waals surface area (Å²) in [6.45, 7) is 10.4. The van der Waals surface area contributed by atoms with E-state index in [2.05, 4.69) is 96.8 Å². The first kappa shape index (κ1) is 25.2. The summed E-state index contributed by atoms with van der Waals surface area (Å²) in [5.41, 5.74) is 14.7. The van der Waals surface area contributed by atoms with Crippen LogP contribution in [-0.4, -0.2) is 9.97 Å². The molecule has 0 bridgehead atoms. The second-order valence-electron chi connectivity index (χ2n) is 9.75. The van der Waals surface area contributed by atoms with Crippen LogP contribution in [0.3, 0.4) is 0 Å². The molecule has 0 saturated heterocycles. The molecule has 190 valence electrons. The molecule has 2 aromatic heterocycles. The Hall–Kier alpha value is -4.44. The monoisotopic (exact) mass is 498 g/mol. The fraction of sp³-hybridized carbons (Fsp3) is 0.176. The third-order valence-electron chi connectivity index (χ3n) is 7.37. The van der Waals surface area contributed by atoms with Gasteiger partial charge in [0.15, 0.2) is 0 Å². The third-order valence-corrected chi connectivity index (χ3v) is 7.37. The highest BCUT2D eigenvalue weighted by molar-refractivity contribution is 5.83. The summed E-state index contributed by atoms with van der Waals surface area (Å²) in [6.07, 6.45) is 3.66. The number of hydrogen-bond acceptors (Lipinski definition) is 4. The lowest BCUT2D eigenvalue weighted by Crippen LogP contribution is -2.02. The normalized spacial score (nSPS) is 10.8. The van der Waals surface area contributed by atoms with Gasteiger partial charge in [-0.05, 0) is 121 Å². The van der Waals surface area contributed by atoms with Gasteiger partial charge in [0.25, 0.3) is 0 Å². The Kier molecular flexibility index (Phi) is 7.50. The first-order chi connectivity index (χ1) is 18.5. The van der Waals surface area contributed by atoms with Crippen molar-refractivity contribution in [3.63, 3.8) is 0 Å². The quantitative estimate of drug-likeness (QED) is 0.226. The van der Waals surface area contributed by atoms with Gasteiger partial charge < -0.3 is 10.6 Å².